The molecule has 1 heterocycles. The van der Waals surface area contributed by atoms with Gasteiger partial charge < -0.3 is 9.84 Å². The Bertz CT molecular complexity index is 371. The smallest absolute Gasteiger partial charge is 0.319 e. The van der Waals surface area contributed by atoms with E-state index in [9.17, 15) is 9.90 Å². The Balaban J connectivity index is 2.42. The quantitative estimate of drug-likeness (QED) is 0.577. The number of hydrogen-bond donors (Lipinski definition) is 1. The first-order chi connectivity index (χ1) is 6.74. The Morgan fingerprint density at radius 2 is 2.29 bits per heavy atom. The molecule has 1 aromatic rings. The van der Waals surface area contributed by atoms with Gasteiger partial charge >= 0.3 is 5.97 Å². The summed E-state index contributed by atoms with van der Waals surface area (Å²) in [7, 11) is 0. The highest BCUT2D eigenvalue weighted by atomic mass is 16.5. The van der Waals surface area contributed by atoms with Crippen LogP contribution in [-0.4, -0.2) is 11.1 Å². The maximum atomic E-state index is 11.4. The van der Waals surface area contributed by atoms with E-state index < -0.39 is 0 Å². The highest BCUT2D eigenvalue weighted by molar-refractivity contribution is 5.87. The van der Waals surface area contributed by atoms with Gasteiger partial charge in [-0.05, 0) is 12.5 Å². The average molecular weight is 192 g/mol. The molecular weight excluding hydrogens is 180 g/mol. The van der Waals surface area contributed by atoms with Gasteiger partial charge in [-0.15, -0.1) is 0 Å². The largest absolute Gasteiger partial charge is 0.504 e. The Morgan fingerprint density at radius 3 is 3.00 bits per heavy atom. The zero-order chi connectivity index (χ0) is 10.1. The third-order valence-electron chi connectivity index (χ3n) is 2.46. The normalized spacial score (nSPS) is 19.2. The lowest BCUT2D eigenvalue weighted by atomic mass is 9.96. The number of hydrogen-bond acceptors (Lipinski definition) is 3. The van der Waals surface area contributed by atoms with Crippen molar-refractivity contribution >= 4 is 5.97 Å². The molecule has 0 aliphatic carbocycles. The molecule has 1 N–H and O–H groups in total. The summed E-state index contributed by atoms with van der Waals surface area (Å²) in [4.78, 5) is 11.4. The van der Waals surface area contributed by atoms with Crippen molar-refractivity contribution in [3.8, 4) is 11.5 Å². The topological polar surface area (TPSA) is 46.5 Å². The van der Waals surface area contributed by atoms with Crippen molar-refractivity contribution in [1.29, 1.82) is 0 Å². The van der Waals surface area contributed by atoms with E-state index in [0.717, 1.165) is 18.4 Å². The van der Waals surface area contributed by atoms with Crippen LogP contribution >= 0.6 is 0 Å². The van der Waals surface area contributed by atoms with E-state index in [0.29, 0.717) is 5.75 Å². The first-order valence-electron chi connectivity index (χ1n) is 4.77. The number of aromatic hydroxyl groups is 1. The predicted octanol–water partition coefficient (Wildman–Crippen LogP) is 2.19. The summed E-state index contributed by atoms with van der Waals surface area (Å²) in [6, 6.07) is 5.10. The predicted molar refractivity (Wildman–Crippen MR) is 51.4 cm³/mol. The second-order valence-corrected chi connectivity index (χ2v) is 3.46. The number of phenolic OH excluding ortho intramolecular Hbond substituents is 1. The minimum absolute atomic E-state index is 0.0504. The summed E-state index contributed by atoms with van der Waals surface area (Å²) in [5.41, 5.74) is 0.817. The minimum atomic E-state index is -0.247. The molecule has 14 heavy (non-hydrogen) atoms. The first-order valence-corrected chi connectivity index (χ1v) is 4.77. The van der Waals surface area contributed by atoms with Crippen molar-refractivity contribution in [1.82, 2.24) is 0 Å². The summed E-state index contributed by atoms with van der Waals surface area (Å²) in [5.74, 6) is -0.0455. The lowest BCUT2D eigenvalue weighted by Gasteiger charge is -2.03. The van der Waals surface area contributed by atoms with E-state index in [1.165, 1.54) is 6.07 Å². The minimum Gasteiger partial charge on any atom is -0.504 e. The molecule has 3 nitrogen and oxygen atoms in total. The third kappa shape index (κ3) is 1.25. The van der Waals surface area contributed by atoms with E-state index in [4.69, 9.17) is 4.74 Å². The fraction of sp³-hybridized carbons (Fsp3) is 0.364. The molecule has 1 aromatic carbocycles. The van der Waals surface area contributed by atoms with E-state index in [1.54, 1.807) is 6.07 Å². The molecule has 1 aliphatic rings. The average Bonchev–Trinajstić information content (AvgIpc) is 2.47. The van der Waals surface area contributed by atoms with Crippen LogP contribution in [-0.2, 0) is 4.79 Å². The van der Waals surface area contributed by atoms with Crippen LogP contribution in [0.2, 0.25) is 0 Å². The highest BCUT2D eigenvalue weighted by Gasteiger charge is 2.33. The molecule has 0 bridgehead atoms. The zero-order valence-electron chi connectivity index (χ0n) is 7.99. The molecule has 2 rings (SSSR count). The van der Waals surface area contributed by atoms with Gasteiger partial charge in [-0.3, -0.25) is 4.79 Å². The molecule has 74 valence electrons. The van der Waals surface area contributed by atoms with Crippen LogP contribution in [0, 0.1) is 0 Å². The number of para-hydroxylation sites is 1. The van der Waals surface area contributed by atoms with Crippen LogP contribution in [0.3, 0.4) is 0 Å². The van der Waals surface area contributed by atoms with Crippen LogP contribution < -0.4 is 4.74 Å². The van der Waals surface area contributed by atoms with E-state index in [2.05, 4.69) is 0 Å². The second-order valence-electron chi connectivity index (χ2n) is 3.46. The van der Waals surface area contributed by atoms with Crippen molar-refractivity contribution < 1.29 is 14.6 Å². The number of carbonyl (C=O) groups is 1. The molecule has 0 unspecified atom stereocenters. The Kier molecular flexibility index (Phi) is 2.15. The lowest BCUT2D eigenvalue weighted by Crippen LogP contribution is -2.09. The van der Waals surface area contributed by atoms with Gasteiger partial charge in [0.25, 0.3) is 0 Å². The molecule has 1 atom stereocenters. The standard InChI is InChI=1S/C11H12O3/c1-2-4-8-7-5-3-6-9(12)10(7)14-11(8)13/h3,5-6,8,12H,2,4H2,1H3/t8-/m1/s1. The van der Waals surface area contributed by atoms with E-state index in [-0.39, 0.29) is 17.6 Å². The second kappa shape index (κ2) is 3.33. The van der Waals surface area contributed by atoms with Crippen LogP contribution in [0.15, 0.2) is 18.2 Å². The molecule has 0 saturated heterocycles. The first kappa shape index (κ1) is 9.06. The van der Waals surface area contributed by atoms with Crippen molar-refractivity contribution in [2.75, 3.05) is 0 Å². The monoisotopic (exact) mass is 192 g/mol. The van der Waals surface area contributed by atoms with Crippen molar-refractivity contribution in [3.63, 3.8) is 0 Å². The maximum absolute atomic E-state index is 11.4. The van der Waals surface area contributed by atoms with Gasteiger partial charge in [-0.1, -0.05) is 25.5 Å². The molecule has 0 saturated carbocycles. The number of ether oxygens (including phenoxy) is 1. The molecule has 0 spiro atoms. The van der Waals surface area contributed by atoms with Gasteiger partial charge in [0.2, 0.25) is 0 Å². The summed E-state index contributed by atoms with van der Waals surface area (Å²) in [6.07, 6.45) is 1.70. The molecule has 0 fully saturated rings. The summed E-state index contributed by atoms with van der Waals surface area (Å²) in [6.45, 7) is 2.02. The molecule has 3 heteroatoms. The number of rotatable bonds is 2. The van der Waals surface area contributed by atoms with Crippen molar-refractivity contribution in [2.45, 2.75) is 25.7 Å². The Hall–Kier alpha value is -1.51. The van der Waals surface area contributed by atoms with Gasteiger partial charge in [0.15, 0.2) is 11.5 Å². The lowest BCUT2D eigenvalue weighted by molar-refractivity contribution is -0.134. The Morgan fingerprint density at radius 1 is 1.50 bits per heavy atom. The fourth-order valence-corrected chi connectivity index (χ4v) is 1.79. The number of fused-ring (bicyclic) bond motifs is 1. The van der Waals surface area contributed by atoms with E-state index >= 15 is 0 Å². The van der Waals surface area contributed by atoms with Crippen molar-refractivity contribution in [3.05, 3.63) is 23.8 Å². The SMILES string of the molecule is CCC[C@H]1C(=O)Oc2c(O)cccc21. The van der Waals surface area contributed by atoms with Gasteiger partial charge in [0.05, 0.1) is 5.92 Å². The fourth-order valence-electron chi connectivity index (χ4n) is 1.79. The van der Waals surface area contributed by atoms with Crippen LogP contribution in [0.5, 0.6) is 11.5 Å². The van der Waals surface area contributed by atoms with Crippen LogP contribution in [0.25, 0.3) is 0 Å². The number of phenols is 1. The number of benzene rings is 1. The van der Waals surface area contributed by atoms with Gasteiger partial charge in [-0.25, -0.2) is 0 Å². The number of esters is 1. The molecular formula is C11H12O3. The third-order valence-corrected chi connectivity index (χ3v) is 2.46. The van der Waals surface area contributed by atoms with Gasteiger partial charge in [0.1, 0.15) is 0 Å². The molecule has 0 amide bonds. The molecule has 1 aliphatic heterocycles. The summed E-state index contributed by atoms with van der Waals surface area (Å²) >= 11 is 0. The Labute approximate surface area is 82.3 Å². The zero-order valence-corrected chi connectivity index (χ0v) is 7.99. The van der Waals surface area contributed by atoms with Crippen LogP contribution in [0.1, 0.15) is 31.2 Å². The molecule has 0 aromatic heterocycles. The van der Waals surface area contributed by atoms with Gasteiger partial charge in [0, 0.05) is 5.56 Å². The maximum Gasteiger partial charge on any atom is 0.319 e. The summed E-state index contributed by atoms with van der Waals surface area (Å²) < 4.78 is 5.01. The van der Waals surface area contributed by atoms with Crippen molar-refractivity contribution in [2.24, 2.45) is 0 Å². The molecule has 0 radical (unpaired) electrons. The number of carbonyl (C=O) groups excluding carboxylic acids is 1. The van der Waals surface area contributed by atoms with E-state index in [1.807, 2.05) is 13.0 Å². The van der Waals surface area contributed by atoms with Crippen LogP contribution in [0.4, 0.5) is 0 Å². The highest BCUT2D eigenvalue weighted by Crippen LogP contribution is 2.42. The summed E-state index contributed by atoms with van der Waals surface area (Å²) in [5, 5.41) is 9.46. The van der Waals surface area contributed by atoms with Gasteiger partial charge in [-0.2, -0.15) is 0 Å².